The van der Waals surface area contributed by atoms with E-state index in [-0.39, 0.29) is 4.87 Å². The van der Waals surface area contributed by atoms with Crippen molar-refractivity contribution < 1.29 is 0 Å². The van der Waals surface area contributed by atoms with Crippen LogP contribution in [0.4, 0.5) is 0 Å². The molecule has 1 saturated heterocycles. The van der Waals surface area contributed by atoms with Gasteiger partial charge in [0.2, 0.25) is 0 Å². The fraction of sp³-hybridized carbons (Fsp3) is 0.750. The molecular weight excluding hydrogens is 234 g/mol. The Morgan fingerprint density at radius 2 is 2.47 bits per heavy atom. The summed E-state index contributed by atoms with van der Waals surface area (Å²) in [7, 11) is 0. The fourth-order valence-corrected chi connectivity index (χ4v) is 2.86. The van der Waals surface area contributed by atoms with Crippen molar-refractivity contribution in [2.75, 3.05) is 19.6 Å². The van der Waals surface area contributed by atoms with Gasteiger partial charge >= 0.3 is 4.87 Å². The van der Waals surface area contributed by atoms with Crippen LogP contribution in [0.5, 0.6) is 0 Å². The number of H-pyrrole nitrogens is 1. The number of aromatic amines is 1. The molecule has 2 N–H and O–H groups in total. The molecular formula is C12H21N3OS. The van der Waals surface area contributed by atoms with Crippen molar-refractivity contribution in [2.24, 2.45) is 5.92 Å². The Morgan fingerprint density at radius 1 is 1.65 bits per heavy atom. The number of thiazole rings is 1. The van der Waals surface area contributed by atoms with Crippen molar-refractivity contribution >= 4 is 11.3 Å². The maximum absolute atomic E-state index is 11.1. The van der Waals surface area contributed by atoms with Crippen LogP contribution >= 0.6 is 11.3 Å². The smallest absolute Gasteiger partial charge is 0.304 e. The molecule has 1 fully saturated rings. The van der Waals surface area contributed by atoms with Crippen LogP contribution < -0.4 is 10.2 Å². The van der Waals surface area contributed by atoms with Crippen LogP contribution in [-0.2, 0) is 6.54 Å². The Bertz CT molecular complexity index is 400. The molecule has 1 aromatic rings. The summed E-state index contributed by atoms with van der Waals surface area (Å²) in [5, 5.41) is 5.51. The molecule has 1 aliphatic rings. The summed E-state index contributed by atoms with van der Waals surface area (Å²) in [6, 6.07) is 0.583. The number of piperazine rings is 1. The van der Waals surface area contributed by atoms with Crippen molar-refractivity contribution in [3.8, 4) is 0 Å². The molecule has 4 nitrogen and oxygen atoms in total. The molecule has 2 unspecified atom stereocenters. The van der Waals surface area contributed by atoms with Gasteiger partial charge in [-0.05, 0) is 5.92 Å². The third kappa shape index (κ3) is 3.40. The highest BCUT2D eigenvalue weighted by molar-refractivity contribution is 7.07. The lowest BCUT2D eigenvalue weighted by molar-refractivity contribution is 0.161. The van der Waals surface area contributed by atoms with E-state index >= 15 is 0 Å². The molecule has 0 aromatic carbocycles. The van der Waals surface area contributed by atoms with E-state index in [2.05, 4.69) is 29.0 Å². The summed E-state index contributed by atoms with van der Waals surface area (Å²) in [6.07, 6.45) is 1.21. The van der Waals surface area contributed by atoms with Crippen LogP contribution in [0.25, 0.3) is 0 Å². The van der Waals surface area contributed by atoms with Crippen molar-refractivity contribution in [3.05, 3.63) is 20.7 Å². The van der Waals surface area contributed by atoms with Gasteiger partial charge in [0.05, 0.1) is 0 Å². The highest BCUT2D eigenvalue weighted by Crippen LogP contribution is 2.13. The van der Waals surface area contributed by atoms with E-state index in [4.69, 9.17) is 0 Å². The molecule has 1 aromatic heterocycles. The molecule has 2 heterocycles. The standard InChI is InChI=1S/C12H21N3OS/c1-3-9(2)11-7-15(5-4-13-11)6-10-8-17-12(16)14-10/h8-9,11,13H,3-7H2,1-2H3,(H,14,16). The molecule has 0 amide bonds. The van der Waals surface area contributed by atoms with Gasteiger partial charge < -0.3 is 10.3 Å². The van der Waals surface area contributed by atoms with Crippen molar-refractivity contribution in [1.82, 2.24) is 15.2 Å². The first-order valence-electron chi connectivity index (χ1n) is 6.31. The molecule has 0 saturated carbocycles. The van der Waals surface area contributed by atoms with Crippen LogP contribution in [0.2, 0.25) is 0 Å². The van der Waals surface area contributed by atoms with E-state index in [0.717, 1.165) is 31.9 Å². The minimum Gasteiger partial charge on any atom is -0.315 e. The van der Waals surface area contributed by atoms with Gasteiger partial charge in [-0.25, -0.2) is 0 Å². The lowest BCUT2D eigenvalue weighted by Crippen LogP contribution is -2.52. The van der Waals surface area contributed by atoms with Crippen molar-refractivity contribution in [1.29, 1.82) is 0 Å². The van der Waals surface area contributed by atoms with E-state index in [1.54, 1.807) is 0 Å². The average Bonchev–Trinajstić information content (AvgIpc) is 2.74. The Hall–Kier alpha value is -0.650. The number of nitrogens with one attached hydrogen (secondary N) is 2. The van der Waals surface area contributed by atoms with Gasteiger partial charge in [0.1, 0.15) is 0 Å². The van der Waals surface area contributed by atoms with Crippen LogP contribution in [0, 0.1) is 5.92 Å². The molecule has 1 aliphatic heterocycles. The average molecular weight is 255 g/mol. The highest BCUT2D eigenvalue weighted by atomic mass is 32.1. The fourth-order valence-electron chi connectivity index (χ4n) is 2.28. The first kappa shape index (κ1) is 12.8. The molecule has 17 heavy (non-hydrogen) atoms. The summed E-state index contributed by atoms with van der Waals surface area (Å²) < 4.78 is 0. The van der Waals surface area contributed by atoms with E-state index in [0.29, 0.717) is 12.0 Å². The minimum absolute atomic E-state index is 0.0496. The second kappa shape index (κ2) is 5.80. The maximum atomic E-state index is 11.1. The molecule has 0 spiro atoms. The van der Waals surface area contributed by atoms with E-state index in [1.165, 1.54) is 17.8 Å². The second-order valence-corrected chi connectivity index (χ2v) is 5.70. The first-order valence-corrected chi connectivity index (χ1v) is 7.19. The van der Waals surface area contributed by atoms with Crippen LogP contribution in [-0.4, -0.2) is 35.6 Å². The molecule has 96 valence electrons. The maximum Gasteiger partial charge on any atom is 0.304 e. The van der Waals surface area contributed by atoms with Crippen LogP contribution in [0.15, 0.2) is 10.2 Å². The highest BCUT2D eigenvalue weighted by Gasteiger charge is 2.23. The Kier molecular flexibility index (Phi) is 4.36. The lowest BCUT2D eigenvalue weighted by atomic mass is 9.97. The van der Waals surface area contributed by atoms with E-state index < -0.39 is 0 Å². The summed E-state index contributed by atoms with van der Waals surface area (Å²) in [6.45, 7) is 8.59. The predicted octanol–water partition coefficient (Wildman–Crippen LogP) is 1.26. The monoisotopic (exact) mass is 255 g/mol. The molecule has 2 atom stereocenters. The summed E-state index contributed by atoms with van der Waals surface area (Å²) in [5.41, 5.74) is 1.05. The summed E-state index contributed by atoms with van der Waals surface area (Å²) >= 11 is 1.25. The van der Waals surface area contributed by atoms with Gasteiger partial charge in [0.25, 0.3) is 0 Å². The zero-order valence-electron chi connectivity index (χ0n) is 10.5. The number of hydrogen-bond acceptors (Lipinski definition) is 4. The second-order valence-electron chi connectivity index (χ2n) is 4.85. The third-order valence-electron chi connectivity index (χ3n) is 3.59. The Balaban J connectivity index is 1.91. The van der Waals surface area contributed by atoms with Gasteiger partial charge in [-0.15, -0.1) is 0 Å². The topological polar surface area (TPSA) is 48.1 Å². The predicted molar refractivity (Wildman–Crippen MR) is 71.5 cm³/mol. The number of hydrogen-bond donors (Lipinski definition) is 2. The van der Waals surface area contributed by atoms with Gasteiger partial charge in [-0.3, -0.25) is 9.69 Å². The molecule has 2 rings (SSSR count). The van der Waals surface area contributed by atoms with Gasteiger partial charge in [0, 0.05) is 43.3 Å². The number of nitrogens with zero attached hydrogens (tertiary/aromatic N) is 1. The normalized spacial score (nSPS) is 23.8. The SMILES string of the molecule is CCC(C)C1CN(Cc2csc(=O)[nH]2)CCN1. The van der Waals surface area contributed by atoms with Crippen LogP contribution in [0.1, 0.15) is 26.0 Å². The molecule has 0 aliphatic carbocycles. The lowest BCUT2D eigenvalue weighted by Gasteiger charge is -2.36. The van der Waals surface area contributed by atoms with Gasteiger partial charge in [-0.2, -0.15) is 0 Å². The van der Waals surface area contributed by atoms with Crippen molar-refractivity contribution in [3.63, 3.8) is 0 Å². The van der Waals surface area contributed by atoms with E-state index in [1.807, 2.05) is 5.38 Å². The number of aromatic nitrogens is 1. The quantitative estimate of drug-likeness (QED) is 0.851. The molecule has 0 bridgehead atoms. The minimum atomic E-state index is 0.0496. The zero-order valence-corrected chi connectivity index (χ0v) is 11.3. The largest absolute Gasteiger partial charge is 0.315 e. The summed E-state index contributed by atoms with van der Waals surface area (Å²) in [4.78, 5) is 16.4. The molecule has 0 radical (unpaired) electrons. The zero-order chi connectivity index (χ0) is 12.3. The van der Waals surface area contributed by atoms with Crippen LogP contribution in [0.3, 0.4) is 0 Å². The number of rotatable bonds is 4. The first-order chi connectivity index (χ1) is 8.19. The Morgan fingerprint density at radius 3 is 3.12 bits per heavy atom. The third-order valence-corrected chi connectivity index (χ3v) is 4.30. The van der Waals surface area contributed by atoms with Gasteiger partial charge in [-0.1, -0.05) is 31.6 Å². The Labute approximate surface area is 106 Å². The van der Waals surface area contributed by atoms with Crippen molar-refractivity contribution in [2.45, 2.75) is 32.9 Å². The van der Waals surface area contributed by atoms with Gasteiger partial charge in [0.15, 0.2) is 0 Å². The molecule has 5 heteroatoms. The summed E-state index contributed by atoms with van der Waals surface area (Å²) in [5.74, 6) is 0.708. The van der Waals surface area contributed by atoms with E-state index in [9.17, 15) is 4.79 Å².